The standard InChI is InChI=1S/C19H20N4O4S/c1-11(24)12-2-4-13(5-3-12)21-18(27)10-28-19-22-15(9-17(26)23-19)8-16(25)20-14-6-7-14/h2-5,9,14H,6-8,10H2,1H3,(H,20,25)(H,21,27)(H,22,23,26). The topological polar surface area (TPSA) is 121 Å². The molecular weight excluding hydrogens is 380 g/mol. The maximum absolute atomic E-state index is 12.1. The number of Topliss-reactive ketones (excluding diaryl/α,β-unsaturated/α-hetero) is 1. The molecule has 1 fully saturated rings. The number of nitrogens with one attached hydrogen (secondary N) is 3. The van der Waals surface area contributed by atoms with E-state index in [1.807, 2.05) is 0 Å². The van der Waals surface area contributed by atoms with Gasteiger partial charge >= 0.3 is 0 Å². The Hall–Kier alpha value is -2.94. The van der Waals surface area contributed by atoms with E-state index in [1.165, 1.54) is 13.0 Å². The van der Waals surface area contributed by atoms with Crippen LogP contribution in [0.2, 0.25) is 0 Å². The third-order valence-electron chi connectivity index (χ3n) is 3.97. The van der Waals surface area contributed by atoms with Crippen LogP contribution in [0.4, 0.5) is 5.69 Å². The summed E-state index contributed by atoms with van der Waals surface area (Å²) in [7, 11) is 0. The molecule has 1 saturated carbocycles. The number of carbonyl (C=O) groups is 3. The van der Waals surface area contributed by atoms with Gasteiger partial charge in [-0.05, 0) is 44.0 Å². The highest BCUT2D eigenvalue weighted by Crippen LogP contribution is 2.19. The molecule has 0 radical (unpaired) electrons. The molecule has 0 bridgehead atoms. The molecule has 1 aliphatic rings. The van der Waals surface area contributed by atoms with E-state index >= 15 is 0 Å². The Labute approximate surface area is 165 Å². The van der Waals surface area contributed by atoms with Crippen LogP contribution in [0.5, 0.6) is 0 Å². The Bertz CT molecular complexity index is 951. The van der Waals surface area contributed by atoms with Crippen molar-refractivity contribution in [3.63, 3.8) is 0 Å². The molecule has 1 heterocycles. The van der Waals surface area contributed by atoms with Crippen molar-refractivity contribution < 1.29 is 14.4 Å². The van der Waals surface area contributed by atoms with Crippen LogP contribution in [0.3, 0.4) is 0 Å². The Morgan fingerprint density at radius 2 is 1.89 bits per heavy atom. The first-order chi connectivity index (χ1) is 13.4. The first-order valence-corrected chi connectivity index (χ1v) is 9.81. The van der Waals surface area contributed by atoms with E-state index in [1.54, 1.807) is 24.3 Å². The largest absolute Gasteiger partial charge is 0.353 e. The second kappa shape index (κ2) is 8.83. The number of nitrogens with zero attached hydrogens (tertiary/aromatic N) is 1. The molecule has 9 heteroatoms. The second-order valence-corrected chi connectivity index (χ2v) is 7.49. The number of thioether (sulfide) groups is 1. The quantitative estimate of drug-likeness (QED) is 0.351. The lowest BCUT2D eigenvalue weighted by molar-refractivity contribution is -0.120. The number of aromatic nitrogens is 2. The van der Waals surface area contributed by atoms with Gasteiger partial charge in [0.05, 0.1) is 17.9 Å². The third-order valence-corrected chi connectivity index (χ3v) is 4.85. The molecule has 1 aliphatic carbocycles. The van der Waals surface area contributed by atoms with Crippen LogP contribution < -0.4 is 16.2 Å². The number of hydrogen-bond donors (Lipinski definition) is 3. The molecule has 0 atom stereocenters. The highest BCUT2D eigenvalue weighted by Gasteiger charge is 2.23. The second-order valence-electron chi connectivity index (χ2n) is 6.53. The van der Waals surface area contributed by atoms with E-state index in [2.05, 4.69) is 20.6 Å². The summed E-state index contributed by atoms with van der Waals surface area (Å²) >= 11 is 1.07. The van der Waals surface area contributed by atoms with Crippen molar-refractivity contribution in [2.24, 2.45) is 0 Å². The molecule has 8 nitrogen and oxygen atoms in total. The molecule has 146 valence electrons. The average molecular weight is 400 g/mol. The summed E-state index contributed by atoms with van der Waals surface area (Å²) in [6.07, 6.45) is 2.01. The number of anilines is 1. The van der Waals surface area contributed by atoms with Crippen LogP contribution in [0.1, 0.15) is 35.8 Å². The molecule has 0 aliphatic heterocycles. The number of benzene rings is 1. The van der Waals surface area contributed by atoms with Crippen molar-refractivity contribution in [1.82, 2.24) is 15.3 Å². The molecule has 1 aromatic heterocycles. The summed E-state index contributed by atoms with van der Waals surface area (Å²) in [6.45, 7) is 1.47. The van der Waals surface area contributed by atoms with Crippen molar-refractivity contribution in [3.05, 3.63) is 51.9 Å². The van der Waals surface area contributed by atoms with Gasteiger partial charge in [0.25, 0.3) is 5.56 Å². The summed E-state index contributed by atoms with van der Waals surface area (Å²) in [6, 6.07) is 8.11. The summed E-state index contributed by atoms with van der Waals surface area (Å²) in [4.78, 5) is 53.8. The SMILES string of the molecule is CC(=O)c1ccc(NC(=O)CSc2nc(CC(=O)NC3CC3)cc(=O)[nH]2)cc1. The third kappa shape index (κ3) is 6.05. The van der Waals surface area contributed by atoms with E-state index in [0.29, 0.717) is 16.9 Å². The van der Waals surface area contributed by atoms with Crippen molar-refractivity contribution in [2.45, 2.75) is 37.4 Å². The number of H-pyrrole nitrogens is 1. The number of carbonyl (C=O) groups excluding carboxylic acids is 3. The molecule has 0 spiro atoms. The Balaban J connectivity index is 1.54. The first-order valence-electron chi connectivity index (χ1n) is 8.82. The van der Waals surface area contributed by atoms with E-state index in [4.69, 9.17) is 0 Å². The summed E-state index contributed by atoms with van der Waals surface area (Å²) in [5, 5.41) is 5.84. The van der Waals surface area contributed by atoms with Gasteiger partial charge < -0.3 is 15.6 Å². The molecule has 0 unspecified atom stereocenters. The predicted molar refractivity (Wildman–Crippen MR) is 106 cm³/mol. The number of amides is 2. The van der Waals surface area contributed by atoms with Crippen LogP contribution in [0.15, 0.2) is 40.3 Å². The molecule has 3 rings (SSSR count). The fraction of sp³-hybridized carbons (Fsp3) is 0.316. The van der Waals surface area contributed by atoms with Crippen LogP contribution in [-0.4, -0.2) is 39.4 Å². The highest BCUT2D eigenvalue weighted by atomic mass is 32.2. The van der Waals surface area contributed by atoms with Gasteiger partial charge in [-0.25, -0.2) is 4.98 Å². The Kier molecular flexibility index (Phi) is 6.25. The summed E-state index contributed by atoms with van der Waals surface area (Å²) < 4.78 is 0. The maximum atomic E-state index is 12.1. The summed E-state index contributed by atoms with van der Waals surface area (Å²) in [5.74, 6) is -0.452. The lowest BCUT2D eigenvalue weighted by atomic mass is 10.1. The zero-order valence-electron chi connectivity index (χ0n) is 15.3. The van der Waals surface area contributed by atoms with E-state index in [0.717, 1.165) is 24.6 Å². The van der Waals surface area contributed by atoms with Crippen LogP contribution in [0, 0.1) is 0 Å². The summed E-state index contributed by atoms with van der Waals surface area (Å²) in [5.41, 5.74) is 1.14. The van der Waals surface area contributed by atoms with Gasteiger partial charge in [0.2, 0.25) is 11.8 Å². The number of hydrogen-bond acceptors (Lipinski definition) is 6. The fourth-order valence-electron chi connectivity index (χ4n) is 2.43. The van der Waals surface area contributed by atoms with Gasteiger partial charge in [0.1, 0.15) is 0 Å². The first kappa shape index (κ1) is 19.8. The van der Waals surface area contributed by atoms with Crippen LogP contribution in [0.25, 0.3) is 0 Å². The van der Waals surface area contributed by atoms with Gasteiger partial charge in [-0.15, -0.1) is 0 Å². The number of rotatable bonds is 8. The zero-order chi connectivity index (χ0) is 20.1. The van der Waals surface area contributed by atoms with Gasteiger partial charge in [0, 0.05) is 23.4 Å². The monoisotopic (exact) mass is 400 g/mol. The van der Waals surface area contributed by atoms with Crippen molar-refractivity contribution >= 4 is 35.0 Å². The molecular formula is C19H20N4O4S. The maximum Gasteiger partial charge on any atom is 0.251 e. The predicted octanol–water partition coefficient (Wildman–Crippen LogP) is 1.52. The zero-order valence-corrected chi connectivity index (χ0v) is 16.1. The van der Waals surface area contributed by atoms with Gasteiger partial charge in [-0.1, -0.05) is 11.8 Å². The van der Waals surface area contributed by atoms with Crippen LogP contribution in [-0.2, 0) is 16.0 Å². The van der Waals surface area contributed by atoms with Gasteiger partial charge in [-0.2, -0.15) is 0 Å². The lowest BCUT2D eigenvalue weighted by Gasteiger charge is -2.07. The minimum absolute atomic E-state index is 0.0304. The van der Waals surface area contributed by atoms with E-state index in [-0.39, 0.29) is 46.5 Å². The van der Waals surface area contributed by atoms with Gasteiger partial charge in [0.15, 0.2) is 10.9 Å². The number of aromatic amines is 1. The number of ketones is 1. The lowest BCUT2D eigenvalue weighted by Crippen LogP contribution is -2.28. The molecule has 2 amide bonds. The van der Waals surface area contributed by atoms with Crippen molar-refractivity contribution in [3.8, 4) is 0 Å². The molecule has 3 N–H and O–H groups in total. The van der Waals surface area contributed by atoms with Crippen molar-refractivity contribution in [2.75, 3.05) is 11.1 Å². The van der Waals surface area contributed by atoms with Crippen molar-refractivity contribution in [1.29, 1.82) is 0 Å². The van der Waals surface area contributed by atoms with E-state index < -0.39 is 0 Å². The Morgan fingerprint density at radius 1 is 1.18 bits per heavy atom. The molecule has 2 aromatic rings. The smallest absolute Gasteiger partial charge is 0.251 e. The van der Waals surface area contributed by atoms with E-state index in [9.17, 15) is 19.2 Å². The fourth-order valence-corrected chi connectivity index (χ4v) is 3.13. The Morgan fingerprint density at radius 3 is 2.54 bits per heavy atom. The molecule has 1 aromatic carbocycles. The highest BCUT2D eigenvalue weighted by molar-refractivity contribution is 7.99. The minimum atomic E-state index is -0.369. The van der Waals surface area contributed by atoms with Gasteiger partial charge in [-0.3, -0.25) is 19.2 Å². The average Bonchev–Trinajstić information content (AvgIpc) is 3.43. The minimum Gasteiger partial charge on any atom is -0.353 e. The normalized spacial score (nSPS) is 13.0. The van der Waals surface area contributed by atoms with Crippen LogP contribution >= 0.6 is 11.8 Å². The molecule has 0 saturated heterocycles. The molecule has 28 heavy (non-hydrogen) atoms.